The van der Waals surface area contributed by atoms with Gasteiger partial charge in [0, 0.05) is 0 Å². The Balaban J connectivity index is 3.17. The molecular weight excluding hydrogens is 124 g/mol. The lowest BCUT2D eigenvalue weighted by Gasteiger charge is -2.10. The Bertz CT molecular complexity index is 61.1. The summed E-state index contributed by atoms with van der Waals surface area (Å²) < 4.78 is 0. The van der Waals surface area contributed by atoms with Crippen LogP contribution in [0.25, 0.3) is 0 Å². The third kappa shape index (κ3) is 4.80. The van der Waals surface area contributed by atoms with Crippen LogP contribution in [0.1, 0.15) is 46.5 Å². The molecule has 0 heterocycles. The minimum absolute atomic E-state index is 0.0611. The highest BCUT2D eigenvalue weighted by molar-refractivity contribution is 4.56. The van der Waals surface area contributed by atoms with Crippen molar-refractivity contribution in [3.63, 3.8) is 0 Å². The highest BCUT2D eigenvalue weighted by Gasteiger charge is 2.03. The molecule has 1 N–H and O–H groups in total. The van der Waals surface area contributed by atoms with Gasteiger partial charge in [-0.25, -0.2) is 0 Å². The monoisotopic (exact) mass is 144 g/mol. The van der Waals surface area contributed by atoms with Gasteiger partial charge in [0.25, 0.3) is 0 Å². The second kappa shape index (κ2) is 5.72. The Kier molecular flexibility index (Phi) is 5.70. The molecule has 0 fully saturated rings. The number of rotatable bonds is 5. The lowest BCUT2D eigenvalue weighted by molar-refractivity contribution is 0.151. The largest absolute Gasteiger partial charge is 0.393 e. The molecule has 0 saturated heterocycles. The van der Waals surface area contributed by atoms with Gasteiger partial charge in [0.1, 0.15) is 0 Å². The van der Waals surface area contributed by atoms with Crippen molar-refractivity contribution in [3.8, 4) is 0 Å². The summed E-state index contributed by atoms with van der Waals surface area (Å²) in [4.78, 5) is 0. The number of aliphatic hydroxyl groups is 1. The maximum atomic E-state index is 9.20. The first kappa shape index (κ1) is 9.96. The Morgan fingerprint density at radius 2 is 1.70 bits per heavy atom. The van der Waals surface area contributed by atoms with E-state index >= 15 is 0 Å². The van der Waals surface area contributed by atoms with Crippen LogP contribution < -0.4 is 0 Å². The molecule has 62 valence electrons. The van der Waals surface area contributed by atoms with Crippen LogP contribution in [0.5, 0.6) is 0 Å². The van der Waals surface area contributed by atoms with Gasteiger partial charge in [-0.05, 0) is 25.2 Å². The molecule has 0 spiro atoms. The van der Waals surface area contributed by atoms with Gasteiger partial charge >= 0.3 is 0 Å². The molecule has 0 aromatic heterocycles. The van der Waals surface area contributed by atoms with Gasteiger partial charge in [-0.15, -0.1) is 0 Å². The molecule has 0 aliphatic rings. The standard InChI is InChI=1S/C9H20O/c1-4-8(3)6-7-9(10)5-2/h8-10H,4-7H2,1-3H3/t8-,9+/m0/s1. The quantitative estimate of drug-likeness (QED) is 0.628. The molecule has 1 heteroatoms. The molecule has 1 nitrogen and oxygen atoms in total. The first-order valence-corrected chi connectivity index (χ1v) is 4.38. The summed E-state index contributed by atoms with van der Waals surface area (Å²) >= 11 is 0. The molecule has 0 unspecified atom stereocenters. The van der Waals surface area contributed by atoms with E-state index < -0.39 is 0 Å². The van der Waals surface area contributed by atoms with Crippen LogP contribution in [0.2, 0.25) is 0 Å². The van der Waals surface area contributed by atoms with Crippen molar-refractivity contribution < 1.29 is 5.11 Å². The average Bonchev–Trinajstić information content (AvgIpc) is 1.99. The zero-order valence-electron chi connectivity index (χ0n) is 7.43. The van der Waals surface area contributed by atoms with Gasteiger partial charge in [0.2, 0.25) is 0 Å². The number of hydrogen-bond acceptors (Lipinski definition) is 1. The minimum atomic E-state index is -0.0611. The second-order valence-corrected chi connectivity index (χ2v) is 3.15. The highest BCUT2D eigenvalue weighted by atomic mass is 16.3. The first-order valence-electron chi connectivity index (χ1n) is 4.38. The van der Waals surface area contributed by atoms with E-state index in [4.69, 9.17) is 0 Å². The Hall–Kier alpha value is -0.0400. The molecule has 2 atom stereocenters. The molecular formula is C9H20O. The van der Waals surface area contributed by atoms with Gasteiger partial charge in [0.05, 0.1) is 6.10 Å². The summed E-state index contributed by atoms with van der Waals surface area (Å²) in [5, 5.41) is 9.20. The molecule has 0 aromatic carbocycles. The van der Waals surface area contributed by atoms with Crippen molar-refractivity contribution in [3.05, 3.63) is 0 Å². The third-order valence-corrected chi connectivity index (χ3v) is 2.16. The Morgan fingerprint density at radius 1 is 1.10 bits per heavy atom. The van der Waals surface area contributed by atoms with Crippen LogP contribution >= 0.6 is 0 Å². The van der Waals surface area contributed by atoms with Crippen molar-refractivity contribution in [1.82, 2.24) is 0 Å². The zero-order chi connectivity index (χ0) is 7.98. The van der Waals surface area contributed by atoms with Crippen LogP contribution in [-0.4, -0.2) is 11.2 Å². The van der Waals surface area contributed by atoms with Gasteiger partial charge in [-0.2, -0.15) is 0 Å². The maximum absolute atomic E-state index is 9.20. The van der Waals surface area contributed by atoms with E-state index in [2.05, 4.69) is 13.8 Å². The summed E-state index contributed by atoms with van der Waals surface area (Å²) in [6, 6.07) is 0. The van der Waals surface area contributed by atoms with Gasteiger partial charge in [0.15, 0.2) is 0 Å². The smallest absolute Gasteiger partial charge is 0.0537 e. The van der Waals surface area contributed by atoms with Crippen LogP contribution in [0, 0.1) is 5.92 Å². The van der Waals surface area contributed by atoms with E-state index in [1.54, 1.807) is 0 Å². The van der Waals surface area contributed by atoms with Crippen LogP contribution in [0.3, 0.4) is 0 Å². The number of aliphatic hydroxyl groups excluding tert-OH is 1. The highest BCUT2D eigenvalue weighted by Crippen LogP contribution is 2.12. The van der Waals surface area contributed by atoms with Crippen molar-refractivity contribution >= 4 is 0 Å². The van der Waals surface area contributed by atoms with Crippen LogP contribution in [-0.2, 0) is 0 Å². The molecule has 0 amide bonds. The van der Waals surface area contributed by atoms with Crippen molar-refractivity contribution in [2.24, 2.45) is 5.92 Å². The molecule has 0 saturated carbocycles. The summed E-state index contributed by atoms with van der Waals surface area (Å²) in [5.41, 5.74) is 0. The molecule has 0 aromatic rings. The van der Waals surface area contributed by atoms with Gasteiger partial charge < -0.3 is 5.11 Å². The summed E-state index contributed by atoms with van der Waals surface area (Å²) in [7, 11) is 0. The van der Waals surface area contributed by atoms with Crippen LogP contribution in [0.15, 0.2) is 0 Å². The fourth-order valence-corrected chi connectivity index (χ4v) is 0.885. The summed E-state index contributed by atoms with van der Waals surface area (Å²) in [6.07, 6.45) is 4.22. The van der Waals surface area contributed by atoms with Crippen molar-refractivity contribution in [2.45, 2.75) is 52.6 Å². The van der Waals surface area contributed by atoms with E-state index in [9.17, 15) is 5.11 Å². The normalized spacial score (nSPS) is 16.8. The van der Waals surface area contributed by atoms with Crippen molar-refractivity contribution in [2.75, 3.05) is 0 Å². The fourth-order valence-electron chi connectivity index (χ4n) is 0.885. The molecule has 0 bridgehead atoms. The first-order chi connectivity index (χ1) is 4.70. The molecule has 0 aliphatic heterocycles. The summed E-state index contributed by atoms with van der Waals surface area (Å²) in [5.74, 6) is 0.779. The average molecular weight is 144 g/mol. The van der Waals surface area contributed by atoms with Crippen molar-refractivity contribution in [1.29, 1.82) is 0 Å². The lowest BCUT2D eigenvalue weighted by atomic mass is 10.00. The maximum Gasteiger partial charge on any atom is 0.0537 e. The topological polar surface area (TPSA) is 20.2 Å². The predicted molar refractivity (Wildman–Crippen MR) is 45.0 cm³/mol. The third-order valence-electron chi connectivity index (χ3n) is 2.16. The predicted octanol–water partition coefficient (Wildman–Crippen LogP) is 2.58. The Morgan fingerprint density at radius 3 is 2.10 bits per heavy atom. The van der Waals surface area contributed by atoms with E-state index in [-0.39, 0.29) is 6.10 Å². The lowest BCUT2D eigenvalue weighted by Crippen LogP contribution is -2.06. The van der Waals surface area contributed by atoms with E-state index in [1.807, 2.05) is 6.92 Å². The summed E-state index contributed by atoms with van der Waals surface area (Å²) in [6.45, 7) is 6.46. The van der Waals surface area contributed by atoms with E-state index in [0.29, 0.717) is 0 Å². The number of hydrogen-bond donors (Lipinski definition) is 1. The van der Waals surface area contributed by atoms with E-state index in [0.717, 1.165) is 18.8 Å². The Labute approximate surface area is 64.5 Å². The fraction of sp³-hybridized carbons (Fsp3) is 1.00. The van der Waals surface area contributed by atoms with Gasteiger partial charge in [-0.3, -0.25) is 0 Å². The molecule has 0 rings (SSSR count). The molecule has 10 heavy (non-hydrogen) atoms. The zero-order valence-corrected chi connectivity index (χ0v) is 7.43. The SMILES string of the molecule is CC[C@H](C)CC[C@H](O)CC. The molecule has 0 aliphatic carbocycles. The van der Waals surface area contributed by atoms with E-state index in [1.165, 1.54) is 12.8 Å². The second-order valence-electron chi connectivity index (χ2n) is 3.15. The molecule has 0 radical (unpaired) electrons. The van der Waals surface area contributed by atoms with Crippen LogP contribution in [0.4, 0.5) is 0 Å². The van der Waals surface area contributed by atoms with Gasteiger partial charge in [-0.1, -0.05) is 27.2 Å². The minimum Gasteiger partial charge on any atom is -0.393 e.